The molecule has 1 atom stereocenters. The number of hydrogen-bond donors (Lipinski definition) is 1. The van der Waals surface area contributed by atoms with Gasteiger partial charge in [0.25, 0.3) is 0 Å². The summed E-state index contributed by atoms with van der Waals surface area (Å²) in [7, 11) is 0. The van der Waals surface area contributed by atoms with Crippen molar-refractivity contribution in [1.82, 2.24) is 0 Å². The van der Waals surface area contributed by atoms with Gasteiger partial charge in [-0.25, -0.2) is 0 Å². The van der Waals surface area contributed by atoms with Crippen molar-refractivity contribution < 1.29 is 14.3 Å². The minimum atomic E-state index is 0.215. The van der Waals surface area contributed by atoms with Gasteiger partial charge in [-0.3, -0.25) is 0 Å². The van der Waals surface area contributed by atoms with Gasteiger partial charge in [0.2, 0.25) is 0 Å². The minimum absolute atomic E-state index is 0.215. The zero-order valence-electron chi connectivity index (χ0n) is 10.5. The summed E-state index contributed by atoms with van der Waals surface area (Å²) in [5.41, 5.74) is 6.97. The molecule has 0 heterocycles. The Kier molecular flexibility index (Phi) is 7.68. The van der Waals surface area contributed by atoms with E-state index in [1.165, 1.54) is 5.56 Å². The molecule has 0 amide bonds. The van der Waals surface area contributed by atoms with Gasteiger partial charge in [0.05, 0.1) is 6.10 Å². The van der Waals surface area contributed by atoms with Crippen LogP contribution in [0.3, 0.4) is 0 Å². The molecule has 0 spiro atoms. The third kappa shape index (κ3) is 8.20. The summed E-state index contributed by atoms with van der Waals surface area (Å²) >= 11 is 0. The van der Waals surface area contributed by atoms with Gasteiger partial charge in [0.1, 0.15) is 5.75 Å². The van der Waals surface area contributed by atoms with E-state index in [0.29, 0.717) is 0 Å². The maximum Gasteiger partial charge on any atom is 0.373 e. The van der Waals surface area contributed by atoms with Gasteiger partial charge >= 0.3 is 6.15 Å². The molecular weight excluding hydrogens is 218 g/mol. The first-order valence-electron chi connectivity index (χ1n) is 5.50. The van der Waals surface area contributed by atoms with Crippen molar-refractivity contribution in [2.75, 3.05) is 0 Å². The summed E-state index contributed by atoms with van der Waals surface area (Å²) < 4.78 is 5.54. The molecule has 4 nitrogen and oxygen atoms in total. The van der Waals surface area contributed by atoms with Crippen molar-refractivity contribution in [1.29, 1.82) is 0 Å². The van der Waals surface area contributed by atoms with Gasteiger partial charge in [0, 0.05) is 6.04 Å². The predicted octanol–water partition coefficient (Wildman–Crippen LogP) is 1.78. The van der Waals surface area contributed by atoms with Crippen LogP contribution in [0, 0.1) is 0 Å². The lowest BCUT2D eigenvalue weighted by atomic mass is 10.1. The second-order valence-electron chi connectivity index (χ2n) is 4.08. The SMILES string of the molecule is CC(C)Oc1ccc(C[C@@H](C)N)cc1.O=C=O. The van der Waals surface area contributed by atoms with Crippen LogP contribution in [-0.4, -0.2) is 18.3 Å². The number of nitrogens with two attached hydrogens (primary N) is 1. The van der Waals surface area contributed by atoms with Crippen LogP contribution in [0.5, 0.6) is 5.75 Å². The smallest absolute Gasteiger partial charge is 0.373 e. The van der Waals surface area contributed by atoms with Crippen molar-refractivity contribution in [3.05, 3.63) is 29.8 Å². The molecule has 0 radical (unpaired) electrons. The fourth-order valence-corrected chi connectivity index (χ4v) is 1.35. The first kappa shape index (κ1) is 15.4. The van der Waals surface area contributed by atoms with E-state index < -0.39 is 0 Å². The van der Waals surface area contributed by atoms with Gasteiger partial charge in [-0.05, 0) is 44.9 Å². The molecule has 0 unspecified atom stereocenters. The lowest BCUT2D eigenvalue weighted by Gasteiger charge is -2.10. The van der Waals surface area contributed by atoms with Gasteiger partial charge in [0.15, 0.2) is 0 Å². The molecule has 17 heavy (non-hydrogen) atoms. The van der Waals surface area contributed by atoms with Crippen molar-refractivity contribution in [2.45, 2.75) is 39.3 Å². The monoisotopic (exact) mass is 237 g/mol. The Balaban J connectivity index is 0.000000770. The largest absolute Gasteiger partial charge is 0.491 e. The molecular formula is C13H19NO3. The average molecular weight is 237 g/mol. The molecule has 0 aromatic heterocycles. The fourth-order valence-electron chi connectivity index (χ4n) is 1.35. The minimum Gasteiger partial charge on any atom is -0.491 e. The topological polar surface area (TPSA) is 69.4 Å². The Hall–Kier alpha value is -1.64. The van der Waals surface area contributed by atoms with Crippen LogP contribution >= 0.6 is 0 Å². The summed E-state index contributed by atoms with van der Waals surface area (Å²) in [4.78, 5) is 16.2. The van der Waals surface area contributed by atoms with E-state index in [-0.39, 0.29) is 18.3 Å². The standard InChI is InChI=1S/C12H19NO.CO2/c1-9(2)14-12-6-4-11(5-7-12)8-10(3)13;2-1-3/h4-7,9-10H,8,13H2,1-3H3;/t10-;/m1./s1. The third-order valence-electron chi connectivity index (χ3n) is 1.85. The van der Waals surface area contributed by atoms with Gasteiger partial charge < -0.3 is 10.5 Å². The van der Waals surface area contributed by atoms with Crippen molar-refractivity contribution >= 4 is 6.15 Å². The Morgan fingerprint density at radius 3 is 2.00 bits per heavy atom. The summed E-state index contributed by atoms with van der Waals surface area (Å²) in [6.45, 7) is 6.06. The zero-order valence-corrected chi connectivity index (χ0v) is 10.5. The molecule has 0 saturated heterocycles. The third-order valence-corrected chi connectivity index (χ3v) is 1.85. The zero-order chi connectivity index (χ0) is 13.3. The first-order chi connectivity index (χ1) is 7.99. The Morgan fingerprint density at radius 1 is 1.18 bits per heavy atom. The molecule has 0 aliphatic carbocycles. The van der Waals surface area contributed by atoms with Crippen LogP contribution < -0.4 is 10.5 Å². The normalized spacial score (nSPS) is 11.1. The van der Waals surface area contributed by atoms with Crippen LogP contribution in [0.4, 0.5) is 0 Å². The van der Waals surface area contributed by atoms with Gasteiger partial charge in [-0.15, -0.1) is 0 Å². The van der Waals surface area contributed by atoms with E-state index in [0.717, 1.165) is 12.2 Å². The quantitative estimate of drug-likeness (QED) is 0.866. The van der Waals surface area contributed by atoms with E-state index in [4.69, 9.17) is 20.1 Å². The first-order valence-corrected chi connectivity index (χ1v) is 5.50. The Morgan fingerprint density at radius 2 is 1.65 bits per heavy atom. The second kappa shape index (κ2) is 8.50. The van der Waals surface area contributed by atoms with Crippen molar-refractivity contribution in [3.63, 3.8) is 0 Å². The fraction of sp³-hybridized carbons (Fsp3) is 0.462. The molecule has 4 heteroatoms. The van der Waals surface area contributed by atoms with Crippen LogP contribution in [0.2, 0.25) is 0 Å². The van der Waals surface area contributed by atoms with Crippen molar-refractivity contribution in [3.8, 4) is 5.75 Å². The van der Waals surface area contributed by atoms with E-state index in [1.54, 1.807) is 0 Å². The molecule has 1 aromatic rings. The summed E-state index contributed by atoms with van der Waals surface area (Å²) in [6, 6.07) is 8.35. The number of hydrogen-bond acceptors (Lipinski definition) is 4. The molecule has 2 N–H and O–H groups in total. The highest BCUT2D eigenvalue weighted by Crippen LogP contribution is 2.14. The highest BCUT2D eigenvalue weighted by atomic mass is 16.5. The molecule has 1 rings (SSSR count). The molecule has 1 aromatic carbocycles. The van der Waals surface area contributed by atoms with E-state index in [2.05, 4.69) is 12.1 Å². The summed E-state index contributed by atoms with van der Waals surface area (Å²) in [5, 5.41) is 0. The summed E-state index contributed by atoms with van der Waals surface area (Å²) in [6.07, 6.45) is 1.40. The molecule has 0 saturated carbocycles. The predicted molar refractivity (Wildman–Crippen MR) is 64.6 cm³/mol. The van der Waals surface area contributed by atoms with Crippen LogP contribution in [0.1, 0.15) is 26.3 Å². The summed E-state index contributed by atoms with van der Waals surface area (Å²) in [5.74, 6) is 0.924. The lowest BCUT2D eigenvalue weighted by Crippen LogP contribution is -2.17. The number of ether oxygens (including phenoxy) is 1. The van der Waals surface area contributed by atoms with Crippen LogP contribution in [0.15, 0.2) is 24.3 Å². The lowest BCUT2D eigenvalue weighted by molar-refractivity contribution is -0.191. The Bertz CT molecular complexity index is 309. The second-order valence-corrected chi connectivity index (χ2v) is 4.08. The van der Waals surface area contributed by atoms with Gasteiger partial charge in [-0.2, -0.15) is 9.59 Å². The number of rotatable bonds is 4. The van der Waals surface area contributed by atoms with Gasteiger partial charge in [-0.1, -0.05) is 12.1 Å². The average Bonchev–Trinajstić information content (AvgIpc) is 2.20. The van der Waals surface area contributed by atoms with Crippen molar-refractivity contribution in [2.24, 2.45) is 5.73 Å². The molecule has 0 fully saturated rings. The maximum atomic E-state index is 8.12. The number of carbonyl (C=O) groups excluding carboxylic acids is 2. The van der Waals surface area contributed by atoms with E-state index in [9.17, 15) is 0 Å². The van der Waals surface area contributed by atoms with E-state index >= 15 is 0 Å². The Labute approximate surface area is 102 Å². The molecule has 0 bridgehead atoms. The molecule has 0 aliphatic rings. The van der Waals surface area contributed by atoms with Crippen LogP contribution in [0.25, 0.3) is 0 Å². The van der Waals surface area contributed by atoms with Crippen LogP contribution in [-0.2, 0) is 16.0 Å². The highest BCUT2D eigenvalue weighted by Gasteiger charge is 1.99. The molecule has 94 valence electrons. The maximum absolute atomic E-state index is 8.12. The highest BCUT2D eigenvalue weighted by molar-refractivity contribution is 5.27. The number of benzene rings is 1. The van der Waals surface area contributed by atoms with E-state index in [1.807, 2.05) is 32.9 Å². The molecule has 0 aliphatic heterocycles.